The summed E-state index contributed by atoms with van der Waals surface area (Å²) in [4.78, 5) is 33.3. The van der Waals surface area contributed by atoms with Gasteiger partial charge in [0.2, 0.25) is 0 Å². The van der Waals surface area contributed by atoms with Crippen molar-refractivity contribution in [1.29, 1.82) is 0 Å². The molecule has 0 saturated carbocycles. The van der Waals surface area contributed by atoms with Gasteiger partial charge in [0.25, 0.3) is 0 Å². The Labute approximate surface area is 195 Å². The van der Waals surface area contributed by atoms with E-state index in [-0.39, 0.29) is 30.3 Å². The molecule has 7 nitrogen and oxygen atoms in total. The normalized spacial score (nSPS) is 15.3. The van der Waals surface area contributed by atoms with Gasteiger partial charge >= 0.3 is 6.16 Å². The van der Waals surface area contributed by atoms with Crippen LogP contribution in [0.3, 0.4) is 0 Å². The molecule has 1 fully saturated rings. The minimum atomic E-state index is -0.917. The molecule has 33 heavy (non-hydrogen) atoms. The lowest BCUT2D eigenvalue weighted by atomic mass is 9.99. The highest BCUT2D eigenvalue weighted by atomic mass is 32.1. The number of carbonyl (C=O) groups is 2. The second kappa shape index (κ2) is 10.6. The van der Waals surface area contributed by atoms with Crippen LogP contribution in [0.25, 0.3) is 0 Å². The SMILES string of the molecule is CCC(=O)c1cc(F)c(OCc2csc(C3CCN(OC(=O)OC(C)(C)C)CC3)n2)c(F)c1. The Hall–Kier alpha value is -2.59. The molecule has 1 aromatic heterocycles. The standard InChI is InChI=1S/C23H28F2N2O5S/c1-5-19(28)15-10-17(24)20(18(25)11-15)30-12-16-13-33-21(26-16)14-6-8-27(9-7-14)32-22(29)31-23(2,3)4/h10-11,13-14H,5-9,12H2,1-4H3. The summed E-state index contributed by atoms with van der Waals surface area (Å²) in [6.45, 7) is 7.95. The fraction of sp³-hybridized carbons (Fsp3) is 0.522. The molecule has 0 spiro atoms. The Morgan fingerprint density at radius 2 is 1.82 bits per heavy atom. The molecule has 1 aromatic carbocycles. The molecular formula is C23H28F2N2O5S. The number of hydrogen-bond acceptors (Lipinski definition) is 8. The van der Waals surface area contributed by atoms with Gasteiger partial charge in [-0.3, -0.25) is 4.79 Å². The molecule has 0 N–H and O–H groups in total. The van der Waals surface area contributed by atoms with Gasteiger partial charge in [0, 0.05) is 36.4 Å². The molecule has 1 aliphatic heterocycles. The second-order valence-corrected chi connectivity index (χ2v) is 9.66. The van der Waals surface area contributed by atoms with Crippen molar-refractivity contribution in [2.45, 2.75) is 65.1 Å². The predicted molar refractivity (Wildman–Crippen MR) is 118 cm³/mol. The van der Waals surface area contributed by atoms with Crippen molar-refractivity contribution in [3.63, 3.8) is 0 Å². The van der Waals surface area contributed by atoms with Crippen molar-refractivity contribution in [2.75, 3.05) is 13.1 Å². The minimum absolute atomic E-state index is 0.0159. The van der Waals surface area contributed by atoms with Gasteiger partial charge in [0.05, 0.1) is 10.7 Å². The van der Waals surface area contributed by atoms with Crippen LogP contribution in [0.15, 0.2) is 17.5 Å². The van der Waals surface area contributed by atoms with Gasteiger partial charge in [-0.1, -0.05) is 6.92 Å². The Morgan fingerprint density at radius 1 is 1.18 bits per heavy atom. The first-order valence-electron chi connectivity index (χ1n) is 10.8. The van der Waals surface area contributed by atoms with Crippen molar-refractivity contribution in [3.8, 4) is 5.75 Å². The largest absolute Gasteiger partial charge is 0.528 e. The van der Waals surface area contributed by atoms with E-state index >= 15 is 0 Å². The molecule has 0 atom stereocenters. The maximum atomic E-state index is 14.2. The Kier molecular flexibility index (Phi) is 8.01. The van der Waals surface area contributed by atoms with Crippen molar-refractivity contribution >= 4 is 23.3 Å². The summed E-state index contributed by atoms with van der Waals surface area (Å²) in [6, 6.07) is 1.98. The van der Waals surface area contributed by atoms with E-state index in [1.807, 2.05) is 0 Å². The number of rotatable bonds is 7. The monoisotopic (exact) mass is 482 g/mol. The minimum Gasteiger partial charge on any atom is -0.481 e. The summed E-state index contributed by atoms with van der Waals surface area (Å²) in [5.74, 6) is -2.51. The second-order valence-electron chi connectivity index (χ2n) is 8.77. The highest BCUT2D eigenvalue weighted by Crippen LogP contribution is 2.31. The number of ketones is 1. The van der Waals surface area contributed by atoms with Crippen LogP contribution in [0.1, 0.15) is 73.9 Å². The number of halogens is 2. The van der Waals surface area contributed by atoms with E-state index in [2.05, 4.69) is 4.98 Å². The van der Waals surface area contributed by atoms with E-state index < -0.39 is 29.1 Å². The predicted octanol–water partition coefficient (Wildman–Crippen LogP) is 5.64. The number of piperidine rings is 1. The van der Waals surface area contributed by atoms with Crippen LogP contribution in [0.5, 0.6) is 5.75 Å². The van der Waals surface area contributed by atoms with Gasteiger partial charge in [0.1, 0.15) is 12.2 Å². The van der Waals surface area contributed by atoms with Crippen LogP contribution in [-0.4, -0.2) is 40.7 Å². The molecular weight excluding hydrogens is 454 g/mol. The molecule has 1 aliphatic rings. The van der Waals surface area contributed by atoms with Gasteiger partial charge < -0.3 is 14.3 Å². The molecule has 0 radical (unpaired) electrons. The molecule has 2 heterocycles. The number of aromatic nitrogens is 1. The van der Waals surface area contributed by atoms with Crippen molar-refractivity contribution < 1.29 is 32.7 Å². The van der Waals surface area contributed by atoms with Gasteiger partial charge in [0.15, 0.2) is 23.2 Å². The lowest BCUT2D eigenvalue weighted by molar-refractivity contribution is -0.152. The van der Waals surface area contributed by atoms with Crippen LogP contribution >= 0.6 is 11.3 Å². The molecule has 0 unspecified atom stereocenters. The number of thiazole rings is 1. The third-order valence-electron chi connectivity index (χ3n) is 4.97. The number of hydroxylamine groups is 2. The topological polar surface area (TPSA) is 78.0 Å². The maximum absolute atomic E-state index is 14.2. The summed E-state index contributed by atoms with van der Waals surface area (Å²) < 4.78 is 39.0. The van der Waals surface area contributed by atoms with E-state index in [1.54, 1.807) is 38.1 Å². The van der Waals surface area contributed by atoms with E-state index in [9.17, 15) is 18.4 Å². The molecule has 2 aromatic rings. The molecule has 0 aliphatic carbocycles. The van der Waals surface area contributed by atoms with Gasteiger partial charge in [-0.15, -0.1) is 16.4 Å². The van der Waals surface area contributed by atoms with Crippen molar-refractivity contribution in [1.82, 2.24) is 10.0 Å². The molecule has 0 amide bonds. The quantitative estimate of drug-likeness (QED) is 0.373. The van der Waals surface area contributed by atoms with Crippen LogP contribution in [0, 0.1) is 11.6 Å². The molecule has 10 heteroatoms. The Bertz CT molecular complexity index is 974. The lowest BCUT2D eigenvalue weighted by Gasteiger charge is -2.30. The van der Waals surface area contributed by atoms with Gasteiger partial charge in [-0.25, -0.2) is 18.6 Å². The van der Waals surface area contributed by atoms with E-state index in [1.165, 1.54) is 11.3 Å². The molecule has 180 valence electrons. The van der Waals surface area contributed by atoms with Gasteiger partial charge in [-0.2, -0.15) is 0 Å². The smallest absolute Gasteiger partial charge is 0.481 e. The first-order chi connectivity index (χ1) is 15.6. The van der Waals surface area contributed by atoms with Crippen LogP contribution in [0.4, 0.5) is 13.6 Å². The van der Waals surface area contributed by atoms with E-state index in [0.717, 1.165) is 30.0 Å². The first kappa shape index (κ1) is 25.0. The average molecular weight is 483 g/mol. The molecule has 0 bridgehead atoms. The zero-order valence-corrected chi connectivity index (χ0v) is 20.0. The lowest BCUT2D eigenvalue weighted by Crippen LogP contribution is -2.37. The van der Waals surface area contributed by atoms with Crippen molar-refractivity contribution in [3.05, 3.63) is 45.4 Å². The Morgan fingerprint density at radius 3 is 2.39 bits per heavy atom. The highest BCUT2D eigenvalue weighted by molar-refractivity contribution is 7.09. The molecule has 1 saturated heterocycles. The third kappa shape index (κ3) is 6.94. The first-order valence-corrected chi connectivity index (χ1v) is 11.7. The third-order valence-corrected chi connectivity index (χ3v) is 6.03. The van der Waals surface area contributed by atoms with Crippen LogP contribution in [0.2, 0.25) is 0 Å². The highest BCUT2D eigenvalue weighted by Gasteiger charge is 2.27. The number of hydrogen-bond donors (Lipinski definition) is 0. The fourth-order valence-electron chi connectivity index (χ4n) is 3.35. The molecule has 3 rings (SSSR count). The van der Waals surface area contributed by atoms with Gasteiger partial charge in [-0.05, 0) is 45.7 Å². The number of benzene rings is 1. The summed E-state index contributed by atoms with van der Waals surface area (Å²) in [5.41, 5.74) is -0.0667. The maximum Gasteiger partial charge on any atom is 0.528 e. The average Bonchev–Trinajstić information content (AvgIpc) is 3.20. The number of Topliss-reactive ketones (excluding diaryl/α,β-unsaturated/α-hetero) is 1. The summed E-state index contributed by atoms with van der Waals surface area (Å²) >= 11 is 1.46. The summed E-state index contributed by atoms with van der Waals surface area (Å²) in [5, 5.41) is 4.28. The zero-order valence-electron chi connectivity index (χ0n) is 19.2. The van der Waals surface area contributed by atoms with Crippen LogP contribution in [-0.2, 0) is 16.2 Å². The number of carbonyl (C=O) groups excluding carboxylic acids is 2. The Balaban J connectivity index is 1.52. The van der Waals surface area contributed by atoms with Crippen molar-refractivity contribution in [2.24, 2.45) is 0 Å². The summed E-state index contributed by atoms with van der Waals surface area (Å²) in [6.07, 6.45) is 0.924. The van der Waals surface area contributed by atoms with Crippen LogP contribution < -0.4 is 4.74 Å². The fourth-order valence-corrected chi connectivity index (χ4v) is 4.33. The summed E-state index contributed by atoms with van der Waals surface area (Å²) in [7, 11) is 0. The van der Waals surface area contributed by atoms with E-state index in [4.69, 9.17) is 14.3 Å². The number of ether oxygens (including phenoxy) is 2. The number of nitrogens with zero attached hydrogens (tertiary/aromatic N) is 2. The zero-order chi connectivity index (χ0) is 24.2. The van der Waals surface area contributed by atoms with E-state index in [0.29, 0.717) is 18.8 Å².